The van der Waals surface area contributed by atoms with Crippen LogP contribution >= 0.6 is 0 Å². The molecule has 0 aliphatic heterocycles. The van der Waals surface area contributed by atoms with E-state index in [1.807, 2.05) is 18.2 Å². The third kappa shape index (κ3) is 4.85. The summed E-state index contributed by atoms with van der Waals surface area (Å²) < 4.78 is 9.85. The summed E-state index contributed by atoms with van der Waals surface area (Å²) >= 11 is 0. The number of aliphatic imine (C=N–C) groups is 1. The number of nitrogens with zero attached hydrogens (tertiary/aromatic N) is 1. The second-order valence-electron chi connectivity index (χ2n) is 2.83. The van der Waals surface area contributed by atoms with Crippen molar-refractivity contribution in [3.05, 3.63) is 30.3 Å². The molecule has 0 fully saturated rings. The van der Waals surface area contributed by atoms with Crippen molar-refractivity contribution in [1.82, 2.24) is 0 Å². The number of hydrogen-bond donors (Lipinski definition) is 2. The highest BCUT2D eigenvalue weighted by Crippen LogP contribution is 2.07. The number of carbonyl (C=O) groups is 1. The zero-order chi connectivity index (χ0) is 11.8. The van der Waals surface area contributed by atoms with Gasteiger partial charge in [-0.05, 0) is 12.1 Å². The molecule has 0 spiro atoms. The van der Waals surface area contributed by atoms with Crippen molar-refractivity contribution in [3.63, 3.8) is 0 Å². The van der Waals surface area contributed by atoms with Gasteiger partial charge in [-0.2, -0.15) is 0 Å². The number of esters is 1. The molecule has 0 aromatic heterocycles. The first-order valence-corrected chi connectivity index (χ1v) is 4.57. The lowest BCUT2D eigenvalue weighted by Crippen LogP contribution is -2.24. The van der Waals surface area contributed by atoms with E-state index in [9.17, 15) is 4.79 Å². The lowest BCUT2D eigenvalue weighted by molar-refractivity contribution is -0.148. The maximum atomic E-state index is 11.0. The Morgan fingerprint density at radius 2 is 1.94 bits per heavy atom. The maximum absolute atomic E-state index is 11.0. The van der Waals surface area contributed by atoms with Crippen molar-refractivity contribution in [2.24, 2.45) is 16.5 Å². The summed E-state index contributed by atoms with van der Waals surface area (Å²) in [5, 5.41) is 0. The van der Waals surface area contributed by atoms with Crippen LogP contribution in [0.15, 0.2) is 35.3 Å². The van der Waals surface area contributed by atoms with E-state index >= 15 is 0 Å². The second-order valence-corrected chi connectivity index (χ2v) is 2.83. The summed E-state index contributed by atoms with van der Waals surface area (Å²) in [6.45, 7) is -0.372. The minimum Gasteiger partial charge on any atom is -0.457 e. The molecule has 0 aliphatic rings. The van der Waals surface area contributed by atoms with Gasteiger partial charge in [0.25, 0.3) is 0 Å². The van der Waals surface area contributed by atoms with Gasteiger partial charge in [0.1, 0.15) is 12.3 Å². The summed E-state index contributed by atoms with van der Waals surface area (Å²) in [4.78, 5) is 14.5. The van der Waals surface area contributed by atoms with Crippen LogP contribution in [0.25, 0.3) is 0 Å². The number of hydrogen-bond acceptors (Lipinski definition) is 4. The molecule has 16 heavy (non-hydrogen) atoms. The smallest absolute Gasteiger partial charge is 0.330 e. The Balaban J connectivity index is 2.21. The van der Waals surface area contributed by atoms with Gasteiger partial charge in [0, 0.05) is 0 Å². The van der Waals surface area contributed by atoms with Gasteiger partial charge in [-0.25, -0.2) is 9.79 Å². The molecule has 1 aromatic rings. The zero-order valence-corrected chi connectivity index (χ0v) is 8.63. The van der Waals surface area contributed by atoms with Crippen LogP contribution in [0.2, 0.25) is 0 Å². The molecule has 0 saturated carbocycles. The van der Waals surface area contributed by atoms with E-state index in [1.54, 1.807) is 12.1 Å². The van der Waals surface area contributed by atoms with Gasteiger partial charge in [0.05, 0.1) is 0 Å². The molecule has 1 rings (SSSR count). The second kappa shape index (κ2) is 6.28. The van der Waals surface area contributed by atoms with Gasteiger partial charge >= 0.3 is 5.97 Å². The van der Waals surface area contributed by atoms with Crippen molar-refractivity contribution < 1.29 is 14.3 Å². The molecule has 6 heteroatoms. The van der Waals surface area contributed by atoms with Crippen molar-refractivity contribution in [1.29, 1.82) is 0 Å². The number of para-hydroxylation sites is 1. The molecule has 0 radical (unpaired) electrons. The van der Waals surface area contributed by atoms with E-state index in [2.05, 4.69) is 4.99 Å². The average molecular weight is 223 g/mol. The van der Waals surface area contributed by atoms with Crippen LogP contribution in [-0.4, -0.2) is 25.3 Å². The van der Waals surface area contributed by atoms with E-state index in [4.69, 9.17) is 20.9 Å². The predicted octanol–water partition coefficient (Wildman–Crippen LogP) is -0.160. The Labute approximate surface area is 92.9 Å². The molecule has 0 bridgehead atoms. The Kier molecular flexibility index (Phi) is 4.65. The zero-order valence-electron chi connectivity index (χ0n) is 8.63. The van der Waals surface area contributed by atoms with E-state index < -0.39 is 5.97 Å². The number of benzene rings is 1. The first-order valence-electron chi connectivity index (χ1n) is 4.57. The average Bonchev–Trinajstić information content (AvgIpc) is 2.28. The minimum atomic E-state index is -0.552. The molecule has 0 saturated heterocycles. The summed E-state index contributed by atoms with van der Waals surface area (Å²) in [5.41, 5.74) is 10.1. The lowest BCUT2D eigenvalue weighted by atomic mass is 10.3. The van der Waals surface area contributed by atoms with Gasteiger partial charge in [0.2, 0.25) is 6.79 Å². The van der Waals surface area contributed by atoms with Gasteiger partial charge < -0.3 is 20.9 Å². The summed E-state index contributed by atoms with van der Waals surface area (Å²) in [7, 11) is 0. The largest absolute Gasteiger partial charge is 0.457 e. The fourth-order valence-electron chi connectivity index (χ4n) is 0.881. The number of carbonyl (C=O) groups excluding carboxylic acids is 1. The maximum Gasteiger partial charge on any atom is 0.330 e. The monoisotopic (exact) mass is 223 g/mol. The molecule has 0 amide bonds. The Morgan fingerprint density at radius 3 is 2.56 bits per heavy atom. The van der Waals surface area contributed by atoms with E-state index in [1.165, 1.54) is 0 Å². The van der Waals surface area contributed by atoms with Crippen LogP contribution < -0.4 is 16.2 Å². The predicted molar refractivity (Wildman–Crippen MR) is 58.7 cm³/mol. The van der Waals surface area contributed by atoms with Crippen LogP contribution in [0, 0.1) is 0 Å². The molecule has 0 atom stereocenters. The van der Waals surface area contributed by atoms with Crippen LogP contribution in [0.3, 0.4) is 0 Å². The lowest BCUT2D eigenvalue weighted by Gasteiger charge is -2.05. The summed E-state index contributed by atoms with van der Waals surface area (Å²) in [6.07, 6.45) is 0. The third-order valence-electron chi connectivity index (χ3n) is 1.58. The van der Waals surface area contributed by atoms with E-state index in [-0.39, 0.29) is 19.3 Å². The highest BCUT2D eigenvalue weighted by Gasteiger charge is 2.01. The molecular weight excluding hydrogens is 210 g/mol. The SMILES string of the molecule is NC(N)=NCC(=O)OCOc1ccccc1. The topological polar surface area (TPSA) is 99.9 Å². The first-order chi connectivity index (χ1) is 7.68. The van der Waals surface area contributed by atoms with Crippen LogP contribution in [0.4, 0.5) is 0 Å². The summed E-state index contributed by atoms with van der Waals surface area (Å²) in [6, 6.07) is 9.00. The standard InChI is InChI=1S/C10H13N3O3/c11-10(12)13-6-9(14)16-7-15-8-4-2-1-3-5-8/h1-5H,6-7H2,(H4,11,12,13). The number of rotatable bonds is 5. The third-order valence-corrected chi connectivity index (χ3v) is 1.58. The van der Waals surface area contributed by atoms with Crippen molar-refractivity contribution >= 4 is 11.9 Å². The van der Waals surface area contributed by atoms with Gasteiger partial charge in [-0.1, -0.05) is 18.2 Å². The molecule has 0 heterocycles. The molecule has 1 aromatic carbocycles. The van der Waals surface area contributed by atoms with Crippen molar-refractivity contribution in [2.75, 3.05) is 13.3 Å². The number of ether oxygens (including phenoxy) is 2. The fourth-order valence-corrected chi connectivity index (χ4v) is 0.881. The molecule has 4 N–H and O–H groups in total. The Morgan fingerprint density at radius 1 is 1.25 bits per heavy atom. The van der Waals surface area contributed by atoms with Crippen LogP contribution in [0.1, 0.15) is 0 Å². The van der Waals surface area contributed by atoms with Crippen molar-refractivity contribution in [3.8, 4) is 5.75 Å². The van der Waals surface area contributed by atoms with Gasteiger partial charge in [-0.15, -0.1) is 0 Å². The minimum absolute atomic E-state index is 0.152. The quantitative estimate of drug-likeness (QED) is 0.312. The highest BCUT2D eigenvalue weighted by molar-refractivity contribution is 5.80. The van der Waals surface area contributed by atoms with E-state index in [0.29, 0.717) is 5.75 Å². The number of guanidine groups is 1. The molecule has 0 unspecified atom stereocenters. The molecule has 6 nitrogen and oxygen atoms in total. The summed E-state index contributed by atoms with van der Waals surface area (Å²) in [5.74, 6) is -0.0811. The Bertz CT molecular complexity index is 361. The molecular formula is C10H13N3O3. The van der Waals surface area contributed by atoms with Gasteiger partial charge in [0.15, 0.2) is 5.96 Å². The van der Waals surface area contributed by atoms with E-state index in [0.717, 1.165) is 0 Å². The van der Waals surface area contributed by atoms with Gasteiger partial charge in [-0.3, -0.25) is 0 Å². The van der Waals surface area contributed by atoms with Crippen molar-refractivity contribution in [2.45, 2.75) is 0 Å². The molecule has 86 valence electrons. The normalized spacial score (nSPS) is 9.25. The number of nitrogens with two attached hydrogens (primary N) is 2. The highest BCUT2D eigenvalue weighted by atomic mass is 16.7. The van der Waals surface area contributed by atoms with Crippen LogP contribution in [0.5, 0.6) is 5.75 Å². The fraction of sp³-hybridized carbons (Fsp3) is 0.200. The van der Waals surface area contributed by atoms with Crippen LogP contribution in [-0.2, 0) is 9.53 Å². The molecule has 0 aliphatic carbocycles. The Hall–Kier alpha value is -2.24. The first kappa shape index (κ1) is 11.8.